The Morgan fingerprint density at radius 1 is 1.53 bits per heavy atom. The van der Waals surface area contributed by atoms with Crippen LogP contribution in [-0.4, -0.2) is 31.9 Å². The number of nitrogens with one attached hydrogen (secondary N) is 1. The first-order valence-electron chi connectivity index (χ1n) is 6.31. The smallest absolute Gasteiger partial charge is 0.128 e. The van der Waals surface area contributed by atoms with Gasteiger partial charge in [-0.15, -0.1) is 0 Å². The molecular formula is C14H17FN2O2. The van der Waals surface area contributed by atoms with Crippen LogP contribution in [0, 0.1) is 17.1 Å². The molecular weight excluding hydrogens is 247 g/mol. The second-order valence-electron chi connectivity index (χ2n) is 4.66. The number of rotatable bonds is 4. The average Bonchev–Trinajstić information content (AvgIpc) is 2.41. The number of nitriles is 1. The summed E-state index contributed by atoms with van der Waals surface area (Å²) in [5, 5.41) is 12.0. The van der Waals surface area contributed by atoms with Gasteiger partial charge in [0.2, 0.25) is 0 Å². The molecule has 1 aliphatic rings. The van der Waals surface area contributed by atoms with E-state index in [1.165, 1.54) is 18.2 Å². The van der Waals surface area contributed by atoms with E-state index in [9.17, 15) is 4.39 Å². The van der Waals surface area contributed by atoms with Crippen molar-refractivity contribution in [3.63, 3.8) is 0 Å². The molecule has 102 valence electrons. The van der Waals surface area contributed by atoms with Gasteiger partial charge in [0, 0.05) is 18.7 Å². The summed E-state index contributed by atoms with van der Waals surface area (Å²) in [7, 11) is 0. The molecule has 0 bridgehead atoms. The number of morpholine rings is 1. The predicted molar refractivity (Wildman–Crippen MR) is 68.0 cm³/mol. The van der Waals surface area contributed by atoms with E-state index in [1.54, 1.807) is 0 Å². The first-order chi connectivity index (χ1) is 9.19. The zero-order chi connectivity index (χ0) is 13.7. The van der Waals surface area contributed by atoms with Crippen molar-refractivity contribution in [3.8, 4) is 6.07 Å². The molecule has 0 aliphatic carbocycles. The highest BCUT2D eigenvalue weighted by Gasteiger charge is 2.18. The van der Waals surface area contributed by atoms with Gasteiger partial charge in [0.15, 0.2) is 0 Å². The minimum atomic E-state index is -0.352. The van der Waals surface area contributed by atoms with Gasteiger partial charge in [-0.05, 0) is 25.1 Å². The standard InChI is InChI=1S/C14H17FN2O2/c1-10-6-17-7-13(19-10)9-18-8-12-4-11(5-16)2-3-14(12)15/h2-4,10,13,17H,6-9H2,1H3. The van der Waals surface area contributed by atoms with Crippen molar-refractivity contribution in [3.05, 3.63) is 35.1 Å². The number of benzene rings is 1. The van der Waals surface area contributed by atoms with E-state index in [0.29, 0.717) is 17.7 Å². The Hall–Kier alpha value is -1.48. The van der Waals surface area contributed by atoms with Crippen molar-refractivity contribution in [1.82, 2.24) is 5.32 Å². The molecule has 0 spiro atoms. The topological polar surface area (TPSA) is 54.3 Å². The van der Waals surface area contributed by atoms with Crippen molar-refractivity contribution in [2.75, 3.05) is 19.7 Å². The van der Waals surface area contributed by atoms with Crippen molar-refractivity contribution >= 4 is 0 Å². The summed E-state index contributed by atoms with van der Waals surface area (Å²) in [6.45, 7) is 4.14. The summed E-state index contributed by atoms with van der Waals surface area (Å²) < 4.78 is 24.6. The Balaban J connectivity index is 1.84. The third-order valence-corrected chi connectivity index (χ3v) is 2.96. The molecule has 2 rings (SSSR count). The Kier molecular flexibility index (Phi) is 4.86. The first kappa shape index (κ1) is 13.9. The van der Waals surface area contributed by atoms with Crippen LogP contribution in [0.15, 0.2) is 18.2 Å². The lowest BCUT2D eigenvalue weighted by Crippen LogP contribution is -2.45. The quantitative estimate of drug-likeness (QED) is 0.897. The van der Waals surface area contributed by atoms with Gasteiger partial charge in [-0.1, -0.05) is 0 Å². The van der Waals surface area contributed by atoms with Crippen LogP contribution >= 0.6 is 0 Å². The molecule has 4 nitrogen and oxygen atoms in total. The number of ether oxygens (including phenoxy) is 2. The Labute approximate surface area is 112 Å². The summed E-state index contributed by atoms with van der Waals surface area (Å²) in [5.41, 5.74) is 0.833. The van der Waals surface area contributed by atoms with Gasteiger partial charge in [0.1, 0.15) is 5.82 Å². The number of hydrogen-bond donors (Lipinski definition) is 1. The lowest BCUT2D eigenvalue weighted by Gasteiger charge is -2.28. The summed E-state index contributed by atoms with van der Waals surface area (Å²) in [6, 6.07) is 6.24. The van der Waals surface area contributed by atoms with Crippen LogP contribution in [0.5, 0.6) is 0 Å². The molecule has 1 N–H and O–H groups in total. The Bertz CT molecular complexity index is 473. The highest BCUT2D eigenvalue weighted by molar-refractivity contribution is 5.33. The van der Waals surface area contributed by atoms with Gasteiger partial charge in [-0.25, -0.2) is 4.39 Å². The van der Waals surface area contributed by atoms with Gasteiger partial charge in [0.05, 0.1) is 37.1 Å². The molecule has 19 heavy (non-hydrogen) atoms. The van der Waals surface area contributed by atoms with Crippen LogP contribution in [0.1, 0.15) is 18.1 Å². The Morgan fingerprint density at radius 3 is 3.11 bits per heavy atom. The van der Waals surface area contributed by atoms with Crippen molar-refractivity contribution < 1.29 is 13.9 Å². The SMILES string of the molecule is CC1CNCC(COCc2cc(C#N)ccc2F)O1. The first-order valence-corrected chi connectivity index (χ1v) is 6.31. The molecule has 1 aliphatic heterocycles. The monoisotopic (exact) mass is 264 g/mol. The normalized spacial score (nSPS) is 23.0. The molecule has 0 radical (unpaired) electrons. The van der Waals surface area contributed by atoms with Crippen molar-refractivity contribution in [2.45, 2.75) is 25.7 Å². The van der Waals surface area contributed by atoms with Crippen molar-refractivity contribution in [1.29, 1.82) is 5.26 Å². The molecule has 1 fully saturated rings. The maximum Gasteiger partial charge on any atom is 0.128 e. The zero-order valence-corrected chi connectivity index (χ0v) is 10.9. The van der Waals surface area contributed by atoms with E-state index in [-0.39, 0.29) is 24.6 Å². The summed E-state index contributed by atoms with van der Waals surface area (Å²) in [6.07, 6.45) is 0.159. The van der Waals surface area contributed by atoms with E-state index < -0.39 is 0 Å². The number of halogens is 1. The minimum Gasteiger partial charge on any atom is -0.374 e. The lowest BCUT2D eigenvalue weighted by molar-refractivity contribution is -0.0719. The van der Waals surface area contributed by atoms with Gasteiger partial charge in [0.25, 0.3) is 0 Å². The largest absolute Gasteiger partial charge is 0.374 e. The van der Waals surface area contributed by atoms with E-state index in [4.69, 9.17) is 14.7 Å². The number of hydrogen-bond acceptors (Lipinski definition) is 4. The fraction of sp³-hybridized carbons (Fsp3) is 0.500. The second kappa shape index (κ2) is 6.62. The van der Waals surface area contributed by atoms with Gasteiger partial charge >= 0.3 is 0 Å². The van der Waals surface area contributed by atoms with Crippen LogP contribution in [0.4, 0.5) is 4.39 Å². The molecule has 0 aromatic heterocycles. The molecule has 0 amide bonds. The molecule has 2 atom stereocenters. The predicted octanol–water partition coefficient (Wildman–Crippen LogP) is 1.59. The van der Waals surface area contributed by atoms with Crippen LogP contribution in [0.25, 0.3) is 0 Å². The molecule has 1 aromatic carbocycles. The van der Waals surface area contributed by atoms with E-state index in [1.807, 2.05) is 13.0 Å². The maximum atomic E-state index is 13.5. The van der Waals surface area contributed by atoms with E-state index in [2.05, 4.69) is 5.32 Å². The highest BCUT2D eigenvalue weighted by atomic mass is 19.1. The van der Waals surface area contributed by atoms with Gasteiger partial charge < -0.3 is 14.8 Å². The summed E-state index contributed by atoms with van der Waals surface area (Å²) >= 11 is 0. The minimum absolute atomic E-state index is 0.00837. The lowest BCUT2D eigenvalue weighted by atomic mass is 10.1. The zero-order valence-electron chi connectivity index (χ0n) is 10.9. The fourth-order valence-corrected chi connectivity index (χ4v) is 2.03. The summed E-state index contributed by atoms with van der Waals surface area (Å²) in [4.78, 5) is 0. The molecule has 2 unspecified atom stereocenters. The molecule has 0 saturated carbocycles. The highest BCUT2D eigenvalue weighted by Crippen LogP contribution is 2.12. The third kappa shape index (κ3) is 4.00. The Morgan fingerprint density at radius 2 is 2.37 bits per heavy atom. The van der Waals surface area contributed by atoms with Crippen LogP contribution in [-0.2, 0) is 16.1 Å². The maximum absolute atomic E-state index is 13.5. The fourth-order valence-electron chi connectivity index (χ4n) is 2.03. The molecule has 1 heterocycles. The third-order valence-electron chi connectivity index (χ3n) is 2.96. The molecule has 1 saturated heterocycles. The van der Waals surface area contributed by atoms with Gasteiger partial charge in [-0.3, -0.25) is 0 Å². The second-order valence-corrected chi connectivity index (χ2v) is 4.66. The molecule has 5 heteroatoms. The van der Waals surface area contributed by atoms with Crippen molar-refractivity contribution in [2.24, 2.45) is 0 Å². The molecule has 1 aromatic rings. The van der Waals surface area contributed by atoms with E-state index >= 15 is 0 Å². The average molecular weight is 264 g/mol. The van der Waals surface area contributed by atoms with E-state index in [0.717, 1.165) is 13.1 Å². The summed E-state index contributed by atoms with van der Waals surface area (Å²) in [5.74, 6) is -0.352. The van der Waals surface area contributed by atoms with Crippen LogP contribution in [0.2, 0.25) is 0 Å². The number of nitrogens with zero attached hydrogens (tertiary/aromatic N) is 1. The van der Waals surface area contributed by atoms with Gasteiger partial charge in [-0.2, -0.15) is 5.26 Å². The van der Waals surface area contributed by atoms with Crippen LogP contribution in [0.3, 0.4) is 0 Å². The van der Waals surface area contributed by atoms with Crippen LogP contribution < -0.4 is 5.32 Å².